The van der Waals surface area contributed by atoms with Crippen LogP contribution in [0.1, 0.15) is 60.3 Å². The van der Waals surface area contributed by atoms with Gasteiger partial charge in [0.25, 0.3) is 0 Å². The number of Topliss-reactive ketones (excluding diaryl/α,β-unsaturated/α-hetero) is 1. The standard InChI is InChI=1S/C28H33N9O2/c1-18(2)37-15-26(33-34-37)27(38)11-19-7-9-36(23-16-39-17-23)13-21-10-20(4-5-24(19)21)25-6-8-29-28(32-25)31-22-12-30-35(3)14-22/h4-6,8,10,12,14-15,18-19,23H,7,9,11,13,16-17H2,1-3H3,(H,29,31,32). The predicted molar refractivity (Wildman–Crippen MR) is 146 cm³/mol. The third-order valence-electron chi connectivity index (χ3n) is 7.53. The fourth-order valence-corrected chi connectivity index (χ4v) is 5.21. The van der Waals surface area contributed by atoms with Gasteiger partial charge >= 0.3 is 0 Å². The zero-order valence-corrected chi connectivity index (χ0v) is 22.5. The van der Waals surface area contributed by atoms with Crippen LogP contribution in [0.2, 0.25) is 0 Å². The molecule has 3 aromatic heterocycles. The molecule has 1 N–H and O–H groups in total. The Hall–Kier alpha value is -3.96. The van der Waals surface area contributed by atoms with Crippen molar-refractivity contribution in [2.24, 2.45) is 7.05 Å². The Morgan fingerprint density at radius 2 is 2.08 bits per heavy atom. The second kappa shape index (κ2) is 10.7. The Morgan fingerprint density at radius 1 is 1.21 bits per heavy atom. The Balaban J connectivity index is 1.28. The summed E-state index contributed by atoms with van der Waals surface area (Å²) in [5.74, 6) is 0.649. The van der Waals surface area contributed by atoms with Crippen LogP contribution in [0.4, 0.5) is 11.6 Å². The van der Waals surface area contributed by atoms with E-state index >= 15 is 0 Å². The van der Waals surface area contributed by atoms with E-state index in [1.54, 1.807) is 28.0 Å². The fourth-order valence-electron chi connectivity index (χ4n) is 5.21. The summed E-state index contributed by atoms with van der Waals surface area (Å²) in [5.41, 5.74) is 5.55. The number of ketones is 1. The van der Waals surface area contributed by atoms with Crippen molar-refractivity contribution in [3.05, 3.63) is 65.9 Å². The number of nitrogens with one attached hydrogen (secondary N) is 1. The second-order valence-electron chi connectivity index (χ2n) is 10.7. The quantitative estimate of drug-likeness (QED) is 0.342. The molecule has 5 heterocycles. The largest absolute Gasteiger partial charge is 0.378 e. The van der Waals surface area contributed by atoms with Gasteiger partial charge in [-0.1, -0.05) is 17.3 Å². The maximum absolute atomic E-state index is 13.3. The Labute approximate surface area is 227 Å². The molecule has 11 nitrogen and oxygen atoms in total. The maximum atomic E-state index is 13.3. The lowest BCUT2D eigenvalue weighted by molar-refractivity contribution is -0.0677. The highest BCUT2D eigenvalue weighted by atomic mass is 16.5. The van der Waals surface area contributed by atoms with E-state index < -0.39 is 0 Å². The molecule has 0 bridgehead atoms. The molecule has 1 saturated heterocycles. The zero-order chi connectivity index (χ0) is 26.9. The molecule has 1 fully saturated rings. The monoisotopic (exact) mass is 527 g/mol. The van der Waals surface area contributed by atoms with Gasteiger partial charge in [-0.15, -0.1) is 5.10 Å². The van der Waals surface area contributed by atoms with Gasteiger partial charge in [-0.3, -0.25) is 14.4 Å². The fraction of sp³-hybridized carbons (Fsp3) is 0.429. The summed E-state index contributed by atoms with van der Waals surface area (Å²) in [6, 6.07) is 8.99. The molecule has 1 aromatic carbocycles. The van der Waals surface area contributed by atoms with E-state index in [4.69, 9.17) is 9.72 Å². The van der Waals surface area contributed by atoms with E-state index in [0.717, 1.165) is 49.7 Å². The summed E-state index contributed by atoms with van der Waals surface area (Å²) in [7, 11) is 1.87. The minimum absolute atomic E-state index is 0.0317. The molecule has 1 atom stereocenters. The number of benzene rings is 1. The van der Waals surface area contributed by atoms with Crippen molar-refractivity contribution >= 4 is 17.4 Å². The average molecular weight is 528 g/mol. The number of fused-ring (bicyclic) bond motifs is 1. The number of hydrogen-bond donors (Lipinski definition) is 1. The molecule has 0 aliphatic carbocycles. The summed E-state index contributed by atoms with van der Waals surface area (Å²) >= 11 is 0. The van der Waals surface area contributed by atoms with E-state index in [1.807, 2.05) is 33.2 Å². The molecule has 0 spiro atoms. The minimum Gasteiger partial charge on any atom is -0.378 e. The van der Waals surface area contributed by atoms with Crippen LogP contribution in [-0.4, -0.2) is 71.2 Å². The first kappa shape index (κ1) is 25.3. The molecule has 4 aromatic rings. The van der Waals surface area contributed by atoms with Crippen molar-refractivity contribution in [3.63, 3.8) is 0 Å². The summed E-state index contributed by atoms with van der Waals surface area (Å²) in [6.45, 7) is 7.30. The number of aryl methyl sites for hydroxylation is 1. The van der Waals surface area contributed by atoms with E-state index in [9.17, 15) is 4.79 Å². The molecular formula is C28H33N9O2. The van der Waals surface area contributed by atoms with Crippen molar-refractivity contribution < 1.29 is 9.53 Å². The molecule has 6 rings (SSSR count). The van der Waals surface area contributed by atoms with Gasteiger partial charge < -0.3 is 10.1 Å². The van der Waals surface area contributed by atoms with E-state index in [0.29, 0.717) is 24.1 Å². The lowest BCUT2D eigenvalue weighted by atomic mass is 9.87. The molecule has 1 unspecified atom stereocenters. The van der Waals surface area contributed by atoms with Crippen LogP contribution in [0, 0.1) is 0 Å². The van der Waals surface area contributed by atoms with Crippen molar-refractivity contribution in [2.75, 3.05) is 25.1 Å². The number of carbonyl (C=O) groups is 1. The third-order valence-corrected chi connectivity index (χ3v) is 7.53. The molecule has 0 amide bonds. The van der Waals surface area contributed by atoms with E-state index in [1.165, 1.54) is 11.1 Å². The van der Waals surface area contributed by atoms with Crippen LogP contribution in [0.25, 0.3) is 11.3 Å². The molecular weight excluding hydrogens is 494 g/mol. The van der Waals surface area contributed by atoms with Gasteiger partial charge in [0.2, 0.25) is 5.95 Å². The molecule has 11 heteroatoms. The highest BCUT2D eigenvalue weighted by molar-refractivity contribution is 5.94. The highest BCUT2D eigenvalue weighted by Gasteiger charge is 2.32. The number of hydrogen-bond acceptors (Lipinski definition) is 9. The van der Waals surface area contributed by atoms with Gasteiger partial charge in [-0.2, -0.15) is 5.10 Å². The van der Waals surface area contributed by atoms with Crippen molar-refractivity contribution in [1.82, 2.24) is 39.6 Å². The molecule has 2 aliphatic heterocycles. The SMILES string of the molecule is CC(C)n1cc(C(=O)CC2CCN(C3COC3)Cc3cc(-c4ccnc(Nc5cnn(C)c5)n4)ccc32)nn1. The van der Waals surface area contributed by atoms with Crippen molar-refractivity contribution in [1.29, 1.82) is 0 Å². The average Bonchev–Trinajstić information content (AvgIpc) is 3.51. The number of anilines is 2. The van der Waals surface area contributed by atoms with Crippen LogP contribution in [-0.2, 0) is 18.3 Å². The Bertz CT molecular complexity index is 1470. The molecule has 0 radical (unpaired) electrons. The zero-order valence-electron chi connectivity index (χ0n) is 22.5. The molecule has 2 aliphatic rings. The highest BCUT2D eigenvalue weighted by Crippen LogP contribution is 2.35. The van der Waals surface area contributed by atoms with Gasteiger partial charge in [0.15, 0.2) is 5.78 Å². The minimum atomic E-state index is 0.0317. The molecule has 39 heavy (non-hydrogen) atoms. The van der Waals surface area contributed by atoms with Gasteiger partial charge in [0.05, 0.1) is 43.0 Å². The number of ether oxygens (including phenoxy) is 1. The van der Waals surface area contributed by atoms with Gasteiger partial charge in [0, 0.05) is 44.0 Å². The van der Waals surface area contributed by atoms with Gasteiger partial charge in [0.1, 0.15) is 5.69 Å². The van der Waals surface area contributed by atoms with Crippen LogP contribution < -0.4 is 5.32 Å². The number of aromatic nitrogens is 7. The third kappa shape index (κ3) is 5.45. The van der Waals surface area contributed by atoms with Gasteiger partial charge in [-0.05, 0) is 56.0 Å². The lowest BCUT2D eigenvalue weighted by Gasteiger charge is -2.36. The summed E-state index contributed by atoms with van der Waals surface area (Å²) < 4.78 is 8.96. The van der Waals surface area contributed by atoms with Crippen LogP contribution >= 0.6 is 0 Å². The molecule has 202 valence electrons. The summed E-state index contributed by atoms with van der Waals surface area (Å²) in [4.78, 5) is 24.9. The van der Waals surface area contributed by atoms with E-state index in [-0.39, 0.29) is 17.7 Å². The van der Waals surface area contributed by atoms with Crippen molar-refractivity contribution in [3.8, 4) is 11.3 Å². The van der Waals surface area contributed by atoms with E-state index in [2.05, 4.69) is 48.8 Å². The number of nitrogens with zero attached hydrogens (tertiary/aromatic N) is 8. The maximum Gasteiger partial charge on any atom is 0.227 e. The summed E-state index contributed by atoms with van der Waals surface area (Å²) in [6.07, 6.45) is 8.45. The normalized spacial score (nSPS) is 18.0. The number of carbonyl (C=O) groups excluding carboxylic acids is 1. The van der Waals surface area contributed by atoms with Crippen molar-refractivity contribution in [2.45, 2.75) is 51.2 Å². The van der Waals surface area contributed by atoms with Gasteiger partial charge in [-0.25, -0.2) is 14.6 Å². The first-order valence-corrected chi connectivity index (χ1v) is 13.4. The summed E-state index contributed by atoms with van der Waals surface area (Å²) in [5, 5.41) is 15.7. The van der Waals surface area contributed by atoms with Crippen LogP contribution in [0.3, 0.4) is 0 Å². The molecule has 0 saturated carbocycles. The first-order valence-electron chi connectivity index (χ1n) is 13.4. The smallest absolute Gasteiger partial charge is 0.227 e. The first-order chi connectivity index (χ1) is 18.9. The number of rotatable bonds is 8. The lowest BCUT2D eigenvalue weighted by Crippen LogP contribution is -2.48. The van der Waals surface area contributed by atoms with Crippen LogP contribution in [0.5, 0.6) is 0 Å². The Morgan fingerprint density at radius 3 is 2.79 bits per heavy atom. The predicted octanol–water partition coefficient (Wildman–Crippen LogP) is 3.75. The topological polar surface area (TPSA) is 116 Å². The van der Waals surface area contributed by atoms with Crippen LogP contribution in [0.15, 0.2) is 49.1 Å². The second-order valence-corrected chi connectivity index (χ2v) is 10.7. The Kier molecular flexibility index (Phi) is 6.92.